The fraction of sp³-hybridized carbons (Fsp3) is 0.846. The summed E-state index contributed by atoms with van der Waals surface area (Å²) in [5, 5.41) is 18.8. The Labute approximate surface area is 119 Å². The number of rotatable bonds is 6. The molecular weight excluding hydrogens is 262 g/mol. The Hall–Kier alpha value is -1.34. The van der Waals surface area contributed by atoms with Crippen LogP contribution in [0.2, 0.25) is 0 Å². The van der Waals surface area contributed by atoms with E-state index in [1.54, 1.807) is 4.90 Å². The quantitative estimate of drug-likeness (QED) is 0.712. The fourth-order valence-electron chi connectivity index (χ4n) is 2.33. The molecule has 1 rings (SSSR count). The molecule has 0 aromatic carbocycles. The van der Waals surface area contributed by atoms with Crippen LogP contribution in [0, 0.1) is 0 Å². The third kappa shape index (κ3) is 4.35. The van der Waals surface area contributed by atoms with E-state index in [1.165, 1.54) is 4.90 Å². The summed E-state index contributed by atoms with van der Waals surface area (Å²) in [6, 6.07) is -1.21. The Morgan fingerprint density at radius 3 is 2.40 bits per heavy atom. The number of amides is 2. The summed E-state index contributed by atoms with van der Waals surface area (Å²) in [7, 11) is 3.85. The van der Waals surface area contributed by atoms with Gasteiger partial charge in [0.2, 0.25) is 0 Å². The van der Waals surface area contributed by atoms with Crippen LogP contribution in [0.3, 0.4) is 0 Å². The van der Waals surface area contributed by atoms with E-state index in [9.17, 15) is 14.7 Å². The molecule has 1 aliphatic heterocycles. The summed E-state index contributed by atoms with van der Waals surface area (Å²) >= 11 is 0. The molecule has 1 saturated heterocycles. The van der Waals surface area contributed by atoms with Gasteiger partial charge in [0.1, 0.15) is 6.04 Å². The van der Waals surface area contributed by atoms with Crippen molar-refractivity contribution in [3.8, 4) is 0 Å². The average Bonchev–Trinajstić information content (AvgIpc) is 2.75. The number of carbonyl (C=O) groups excluding carboxylic acids is 1. The minimum absolute atomic E-state index is 0.0952. The van der Waals surface area contributed by atoms with Gasteiger partial charge in [-0.25, -0.2) is 9.59 Å². The Kier molecular flexibility index (Phi) is 6.22. The largest absolute Gasteiger partial charge is 0.480 e. The van der Waals surface area contributed by atoms with Crippen molar-refractivity contribution >= 4 is 12.0 Å². The van der Waals surface area contributed by atoms with Crippen LogP contribution in [0.4, 0.5) is 4.79 Å². The van der Waals surface area contributed by atoms with E-state index < -0.39 is 18.1 Å². The molecule has 0 saturated carbocycles. The second-order valence-electron chi connectivity index (χ2n) is 5.47. The van der Waals surface area contributed by atoms with Gasteiger partial charge in [-0.05, 0) is 20.5 Å². The number of aliphatic hydroxyl groups excluding tert-OH is 1. The maximum atomic E-state index is 12.5. The average molecular weight is 287 g/mol. The molecule has 2 N–H and O–H groups in total. The number of β-amino-alcohol motifs (C(OH)–C–C–N with tert-alkyl or cyclic N) is 1. The first-order chi connectivity index (χ1) is 9.36. The van der Waals surface area contributed by atoms with Crippen molar-refractivity contribution in [2.45, 2.75) is 31.9 Å². The SMILES string of the molecule is CCCN(CCN(C)C)C(=O)N1CC(O)C[C@H]1C(=O)O. The summed E-state index contributed by atoms with van der Waals surface area (Å²) in [5.74, 6) is -1.06. The molecule has 0 aromatic rings. The zero-order valence-corrected chi connectivity index (χ0v) is 12.4. The van der Waals surface area contributed by atoms with E-state index >= 15 is 0 Å². The number of carbonyl (C=O) groups is 2. The van der Waals surface area contributed by atoms with E-state index in [2.05, 4.69) is 0 Å². The third-order valence-corrected chi connectivity index (χ3v) is 3.39. The second kappa shape index (κ2) is 7.44. The van der Waals surface area contributed by atoms with E-state index in [0.29, 0.717) is 13.1 Å². The number of urea groups is 1. The molecule has 0 spiro atoms. The van der Waals surface area contributed by atoms with Crippen molar-refractivity contribution in [3.05, 3.63) is 0 Å². The first kappa shape index (κ1) is 16.7. The highest BCUT2D eigenvalue weighted by Crippen LogP contribution is 2.20. The second-order valence-corrected chi connectivity index (χ2v) is 5.47. The molecule has 0 bridgehead atoms. The van der Waals surface area contributed by atoms with E-state index in [4.69, 9.17) is 5.11 Å². The van der Waals surface area contributed by atoms with Crippen molar-refractivity contribution in [2.24, 2.45) is 0 Å². The number of carboxylic acids is 1. The van der Waals surface area contributed by atoms with Crippen LogP contribution in [-0.4, -0.2) is 89.3 Å². The zero-order valence-electron chi connectivity index (χ0n) is 12.4. The lowest BCUT2D eigenvalue weighted by molar-refractivity contribution is -0.141. The number of nitrogens with zero attached hydrogens (tertiary/aromatic N) is 3. The molecule has 20 heavy (non-hydrogen) atoms. The van der Waals surface area contributed by atoms with Gasteiger partial charge in [0, 0.05) is 32.6 Å². The highest BCUT2D eigenvalue weighted by atomic mass is 16.4. The Morgan fingerprint density at radius 2 is 1.90 bits per heavy atom. The van der Waals surface area contributed by atoms with Gasteiger partial charge in [0.15, 0.2) is 0 Å². The Morgan fingerprint density at radius 1 is 1.25 bits per heavy atom. The molecule has 0 aliphatic carbocycles. The van der Waals surface area contributed by atoms with E-state index in [1.807, 2.05) is 25.9 Å². The topological polar surface area (TPSA) is 84.3 Å². The lowest BCUT2D eigenvalue weighted by Crippen LogP contribution is -2.49. The first-order valence-corrected chi connectivity index (χ1v) is 6.98. The van der Waals surface area contributed by atoms with Gasteiger partial charge in [-0.1, -0.05) is 6.92 Å². The van der Waals surface area contributed by atoms with Crippen molar-refractivity contribution in [1.29, 1.82) is 0 Å². The van der Waals surface area contributed by atoms with Gasteiger partial charge >= 0.3 is 12.0 Å². The molecule has 116 valence electrons. The summed E-state index contributed by atoms with van der Waals surface area (Å²) in [4.78, 5) is 28.6. The van der Waals surface area contributed by atoms with Gasteiger partial charge < -0.3 is 24.9 Å². The maximum absolute atomic E-state index is 12.5. The lowest BCUT2D eigenvalue weighted by Gasteiger charge is -2.30. The summed E-state index contributed by atoms with van der Waals surface area (Å²) < 4.78 is 0. The fourth-order valence-corrected chi connectivity index (χ4v) is 2.33. The van der Waals surface area contributed by atoms with Gasteiger partial charge in [-0.3, -0.25) is 0 Å². The zero-order chi connectivity index (χ0) is 15.3. The minimum Gasteiger partial charge on any atom is -0.480 e. The maximum Gasteiger partial charge on any atom is 0.326 e. The number of aliphatic carboxylic acids is 1. The Balaban J connectivity index is 2.74. The van der Waals surface area contributed by atoms with Crippen molar-refractivity contribution < 1.29 is 19.8 Å². The third-order valence-electron chi connectivity index (χ3n) is 3.39. The standard InChI is InChI=1S/C13H25N3O4/c1-4-5-15(7-6-14(2)3)13(20)16-9-10(17)8-11(16)12(18)19/h10-11,17H,4-9H2,1-3H3,(H,18,19)/t10?,11-/m0/s1. The van der Waals surface area contributed by atoms with Gasteiger partial charge in [0.25, 0.3) is 0 Å². The number of hydrogen-bond acceptors (Lipinski definition) is 4. The number of carboxylic acid groups (broad SMARTS) is 1. The normalized spacial score (nSPS) is 22.4. The molecule has 1 unspecified atom stereocenters. The van der Waals surface area contributed by atoms with Crippen LogP contribution in [0.15, 0.2) is 0 Å². The summed E-state index contributed by atoms with van der Waals surface area (Å²) in [5.41, 5.74) is 0. The molecule has 2 amide bonds. The predicted molar refractivity (Wildman–Crippen MR) is 74.6 cm³/mol. The van der Waals surface area contributed by atoms with Gasteiger partial charge in [-0.2, -0.15) is 0 Å². The van der Waals surface area contributed by atoms with Crippen LogP contribution in [0.25, 0.3) is 0 Å². The van der Waals surface area contributed by atoms with Gasteiger partial charge in [0.05, 0.1) is 6.10 Å². The highest BCUT2D eigenvalue weighted by molar-refractivity contribution is 5.83. The Bertz CT molecular complexity index is 349. The first-order valence-electron chi connectivity index (χ1n) is 6.98. The van der Waals surface area contributed by atoms with Crippen LogP contribution < -0.4 is 0 Å². The molecule has 1 fully saturated rings. The molecule has 1 heterocycles. The number of aliphatic hydroxyl groups is 1. The highest BCUT2D eigenvalue weighted by Gasteiger charge is 2.40. The monoisotopic (exact) mass is 287 g/mol. The van der Waals surface area contributed by atoms with Crippen molar-refractivity contribution in [1.82, 2.24) is 14.7 Å². The van der Waals surface area contributed by atoms with Crippen molar-refractivity contribution in [3.63, 3.8) is 0 Å². The van der Waals surface area contributed by atoms with Gasteiger partial charge in [-0.15, -0.1) is 0 Å². The van der Waals surface area contributed by atoms with Crippen LogP contribution in [0.5, 0.6) is 0 Å². The molecule has 2 atom stereocenters. The molecule has 0 aromatic heterocycles. The molecule has 0 radical (unpaired) electrons. The smallest absolute Gasteiger partial charge is 0.326 e. The van der Waals surface area contributed by atoms with Crippen LogP contribution >= 0.6 is 0 Å². The minimum atomic E-state index is -1.06. The van der Waals surface area contributed by atoms with Crippen LogP contribution in [0.1, 0.15) is 19.8 Å². The molecular formula is C13H25N3O4. The number of hydrogen-bond donors (Lipinski definition) is 2. The molecule has 7 nitrogen and oxygen atoms in total. The van der Waals surface area contributed by atoms with Crippen LogP contribution in [-0.2, 0) is 4.79 Å². The van der Waals surface area contributed by atoms with E-state index in [-0.39, 0.29) is 19.0 Å². The summed E-state index contributed by atoms with van der Waals surface area (Å²) in [6.07, 6.45) is 0.166. The predicted octanol–water partition coefficient (Wildman–Crippen LogP) is -0.100. The number of likely N-dealkylation sites (tertiary alicyclic amines) is 1. The lowest BCUT2D eigenvalue weighted by atomic mass is 10.2. The molecule has 7 heteroatoms. The van der Waals surface area contributed by atoms with Crippen molar-refractivity contribution in [2.75, 3.05) is 40.3 Å². The summed E-state index contributed by atoms with van der Waals surface area (Å²) in [6.45, 7) is 3.94. The molecule has 1 aliphatic rings. The van der Waals surface area contributed by atoms with E-state index in [0.717, 1.165) is 13.0 Å². The number of likely N-dealkylation sites (N-methyl/N-ethyl adjacent to an activating group) is 1.